The summed E-state index contributed by atoms with van der Waals surface area (Å²) < 4.78 is 1.89. The Morgan fingerprint density at radius 2 is 2.17 bits per heavy atom. The highest BCUT2D eigenvalue weighted by atomic mass is 32.1. The van der Waals surface area contributed by atoms with Crippen LogP contribution < -0.4 is 5.32 Å². The molecule has 0 bridgehead atoms. The third kappa shape index (κ3) is 3.94. The van der Waals surface area contributed by atoms with E-state index >= 15 is 0 Å². The highest BCUT2D eigenvalue weighted by molar-refractivity contribution is 7.13. The van der Waals surface area contributed by atoms with Crippen LogP contribution in [0.4, 0.5) is 5.82 Å². The zero-order valence-corrected chi connectivity index (χ0v) is 14.7. The summed E-state index contributed by atoms with van der Waals surface area (Å²) in [6.45, 7) is 7.43. The highest BCUT2D eigenvalue weighted by Crippen LogP contribution is 2.27. The number of hydrogen-bond acceptors (Lipinski definition) is 5. The van der Waals surface area contributed by atoms with Gasteiger partial charge in [-0.2, -0.15) is 5.10 Å². The van der Waals surface area contributed by atoms with E-state index in [0.717, 1.165) is 37.4 Å². The third-order valence-corrected chi connectivity index (χ3v) is 5.37. The summed E-state index contributed by atoms with van der Waals surface area (Å²) in [6, 6.07) is 7.34. The van der Waals surface area contributed by atoms with Crippen molar-refractivity contribution in [2.75, 3.05) is 25.0 Å². The Bertz CT molecular complexity index is 600. The fourth-order valence-corrected chi connectivity index (χ4v) is 3.79. The molecule has 3 rings (SSSR count). The Balaban J connectivity index is 1.69. The fraction of sp³-hybridized carbons (Fsp3) is 0.588. The minimum absolute atomic E-state index is 0.103. The molecule has 5 nitrogen and oxygen atoms in total. The Kier molecular flexibility index (Phi) is 5.35. The molecule has 2 aromatic heterocycles. The molecule has 0 unspecified atom stereocenters. The predicted molar refractivity (Wildman–Crippen MR) is 96.0 cm³/mol. The minimum atomic E-state index is 0.103. The van der Waals surface area contributed by atoms with Gasteiger partial charge in [-0.15, -0.1) is 11.3 Å². The second kappa shape index (κ2) is 7.47. The average molecular weight is 334 g/mol. The Morgan fingerprint density at radius 1 is 1.39 bits per heavy atom. The van der Waals surface area contributed by atoms with Crippen LogP contribution in [0.15, 0.2) is 23.6 Å². The summed E-state index contributed by atoms with van der Waals surface area (Å²) in [5.41, 5.74) is 0.982. The largest absolute Gasteiger partial charge is 0.394 e. The topological polar surface area (TPSA) is 53.3 Å². The molecule has 6 heteroatoms. The number of aromatic nitrogens is 2. The maximum absolute atomic E-state index is 9.29. The molecule has 0 spiro atoms. The zero-order chi connectivity index (χ0) is 16.2. The molecular weight excluding hydrogens is 308 g/mol. The maximum atomic E-state index is 9.29. The first-order chi connectivity index (χ1) is 11.2. The number of nitrogens with zero attached hydrogens (tertiary/aromatic N) is 3. The van der Waals surface area contributed by atoms with Crippen molar-refractivity contribution in [2.45, 2.75) is 45.3 Å². The van der Waals surface area contributed by atoms with Gasteiger partial charge in [0.1, 0.15) is 11.5 Å². The number of rotatable bonds is 6. The van der Waals surface area contributed by atoms with Crippen LogP contribution >= 0.6 is 11.3 Å². The van der Waals surface area contributed by atoms with Gasteiger partial charge in [0.25, 0.3) is 0 Å². The maximum Gasteiger partial charge on any atom is 0.125 e. The predicted octanol–water partition coefficient (Wildman–Crippen LogP) is 2.89. The number of thiophene rings is 1. The van der Waals surface area contributed by atoms with E-state index in [1.807, 2.05) is 10.7 Å². The summed E-state index contributed by atoms with van der Waals surface area (Å²) in [4.78, 5) is 3.69. The Labute approximate surface area is 141 Å². The molecule has 1 fully saturated rings. The molecule has 23 heavy (non-hydrogen) atoms. The van der Waals surface area contributed by atoms with Crippen molar-refractivity contribution in [3.63, 3.8) is 0 Å². The molecule has 0 aliphatic carbocycles. The van der Waals surface area contributed by atoms with Crippen molar-refractivity contribution in [2.24, 2.45) is 0 Å². The number of nitrogens with one attached hydrogen (secondary N) is 1. The quantitative estimate of drug-likeness (QED) is 0.853. The van der Waals surface area contributed by atoms with E-state index in [4.69, 9.17) is 0 Å². The molecule has 0 saturated carbocycles. The molecule has 1 aliphatic rings. The van der Waals surface area contributed by atoms with Crippen LogP contribution in [0.25, 0.3) is 10.6 Å². The van der Waals surface area contributed by atoms with Crippen LogP contribution in [0.2, 0.25) is 0 Å². The Morgan fingerprint density at radius 3 is 2.78 bits per heavy atom. The van der Waals surface area contributed by atoms with Crippen molar-refractivity contribution in [1.82, 2.24) is 14.7 Å². The van der Waals surface area contributed by atoms with Gasteiger partial charge in [0.15, 0.2) is 0 Å². The lowest BCUT2D eigenvalue weighted by atomic mass is 10.0. The lowest BCUT2D eigenvalue weighted by Crippen LogP contribution is -2.42. The number of likely N-dealkylation sites (tertiary alicyclic amines) is 1. The standard InChI is InChI=1S/C17H26N4OS/c1-13(2)20-7-5-14(6-8-20)18-17-12-15(16-4-3-11-23-16)19-21(17)9-10-22/h3-4,11-14,18,22H,5-10H2,1-2H3. The summed E-state index contributed by atoms with van der Waals surface area (Å²) in [5.74, 6) is 1.02. The van der Waals surface area contributed by atoms with E-state index in [9.17, 15) is 5.11 Å². The van der Waals surface area contributed by atoms with Gasteiger partial charge in [-0.1, -0.05) is 6.07 Å². The molecule has 0 radical (unpaired) electrons. The van der Waals surface area contributed by atoms with Crippen LogP contribution in [0.5, 0.6) is 0 Å². The number of anilines is 1. The normalized spacial score (nSPS) is 17.0. The number of aliphatic hydroxyl groups is 1. The van der Waals surface area contributed by atoms with Crippen molar-refractivity contribution in [3.8, 4) is 10.6 Å². The van der Waals surface area contributed by atoms with E-state index in [1.165, 1.54) is 4.88 Å². The van der Waals surface area contributed by atoms with Gasteiger partial charge in [0, 0.05) is 31.2 Å². The van der Waals surface area contributed by atoms with Crippen LogP contribution in [-0.2, 0) is 6.54 Å². The number of piperidine rings is 1. The molecule has 3 heterocycles. The molecule has 0 amide bonds. The van der Waals surface area contributed by atoms with Crippen molar-refractivity contribution in [3.05, 3.63) is 23.6 Å². The first-order valence-corrected chi connectivity index (χ1v) is 9.28. The summed E-state index contributed by atoms with van der Waals surface area (Å²) >= 11 is 1.69. The third-order valence-electron chi connectivity index (χ3n) is 4.48. The first-order valence-electron chi connectivity index (χ1n) is 8.40. The van der Waals surface area contributed by atoms with E-state index in [1.54, 1.807) is 11.3 Å². The lowest BCUT2D eigenvalue weighted by molar-refractivity contribution is 0.177. The van der Waals surface area contributed by atoms with Crippen LogP contribution in [0.3, 0.4) is 0 Å². The van der Waals surface area contributed by atoms with Crippen LogP contribution in [-0.4, -0.2) is 51.6 Å². The van der Waals surface area contributed by atoms with Gasteiger partial charge in [-0.25, -0.2) is 4.68 Å². The van der Waals surface area contributed by atoms with Crippen molar-refractivity contribution in [1.29, 1.82) is 0 Å². The number of aliphatic hydroxyl groups excluding tert-OH is 1. The van der Waals surface area contributed by atoms with E-state index < -0.39 is 0 Å². The van der Waals surface area contributed by atoms with E-state index in [2.05, 4.69) is 46.7 Å². The second-order valence-corrected chi connectivity index (χ2v) is 7.33. The zero-order valence-electron chi connectivity index (χ0n) is 13.9. The van der Waals surface area contributed by atoms with E-state index in [0.29, 0.717) is 18.6 Å². The average Bonchev–Trinajstić information content (AvgIpc) is 3.18. The summed E-state index contributed by atoms with van der Waals surface area (Å²) in [6.07, 6.45) is 2.30. The van der Waals surface area contributed by atoms with Crippen LogP contribution in [0.1, 0.15) is 26.7 Å². The smallest absolute Gasteiger partial charge is 0.125 e. The Hall–Kier alpha value is -1.37. The summed E-state index contributed by atoms with van der Waals surface area (Å²) in [5, 5.41) is 19.6. The van der Waals surface area contributed by atoms with Crippen molar-refractivity contribution < 1.29 is 5.11 Å². The molecule has 0 atom stereocenters. The van der Waals surface area contributed by atoms with Gasteiger partial charge < -0.3 is 15.3 Å². The molecule has 1 aliphatic heterocycles. The molecule has 126 valence electrons. The van der Waals surface area contributed by atoms with Crippen LogP contribution in [0, 0.1) is 0 Å². The second-order valence-electron chi connectivity index (χ2n) is 6.39. The SMILES string of the molecule is CC(C)N1CCC(Nc2cc(-c3cccs3)nn2CCO)CC1. The van der Waals surface area contributed by atoms with E-state index in [-0.39, 0.29) is 6.61 Å². The highest BCUT2D eigenvalue weighted by Gasteiger charge is 2.22. The molecule has 0 aromatic carbocycles. The van der Waals surface area contributed by atoms with Gasteiger partial charge in [-0.05, 0) is 38.1 Å². The summed E-state index contributed by atoms with van der Waals surface area (Å²) in [7, 11) is 0. The lowest BCUT2D eigenvalue weighted by Gasteiger charge is -2.35. The molecule has 1 saturated heterocycles. The van der Waals surface area contributed by atoms with Gasteiger partial charge in [0.2, 0.25) is 0 Å². The van der Waals surface area contributed by atoms with Gasteiger partial charge in [0.05, 0.1) is 18.0 Å². The minimum Gasteiger partial charge on any atom is -0.394 e. The first kappa shape index (κ1) is 16.5. The van der Waals surface area contributed by atoms with Crippen molar-refractivity contribution >= 4 is 17.2 Å². The number of hydrogen-bond donors (Lipinski definition) is 2. The van der Waals surface area contributed by atoms with Gasteiger partial charge in [-0.3, -0.25) is 0 Å². The molecule has 2 aromatic rings. The monoisotopic (exact) mass is 334 g/mol. The fourth-order valence-electron chi connectivity index (χ4n) is 3.11. The van der Waals surface area contributed by atoms with Gasteiger partial charge >= 0.3 is 0 Å². The molecule has 2 N–H and O–H groups in total. The molecular formula is C17H26N4OS.